The number of nitrogen functional groups attached to an aromatic ring is 1. The third-order valence-corrected chi connectivity index (χ3v) is 6.93. The van der Waals surface area contributed by atoms with Gasteiger partial charge in [-0.1, -0.05) is 0 Å². The number of aliphatic hydroxyl groups excluding tert-OH is 1. The van der Waals surface area contributed by atoms with Gasteiger partial charge in [-0.05, 0) is 6.07 Å². The number of phosphoric ester groups is 1. The van der Waals surface area contributed by atoms with Crippen molar-refractivity contribution in [3.05, 3.63) is 22.7 Å². The van der Waals surface area contributed by atoms with Crippen molar-refractivity contribution in [1.29, 1.82) is 0 Å². The fourth-order valence-corrected chi connectivity index (χ4v) is 5.24. The number of hydrogen-bond acceptors (Lipinski definition) is 11. The number of aromatic nitrogens is 2. The molecule has 0 aliphatic carbocycles. The summed E-state index contributed by atoms with van der Waals surface area (Å²) in [5, 5.41) is 10.00. The molecule has 1 fully saturated rings. The smallest absolute Gasteiger partial charge is 0.388 e. The van der Waals surface area contributed by atoms with E-state index in [2.05, 4.69) is 18.1 Å². The molecule has 2 unspecified atom stereocenters. The SMILES string of the molecule is Nc1ccn([C@@H]2O[C@H](COP(=O)(O)OP(=O)(O)OP(=O)(O)O)C[C@H]2O)c(=O)n1.[Mg+2]. The van der Waals surface area contributed by atoms with Gasteiger partial charge in [-0.25, -0.2) is 18.5 Å². The van der Waals surface area contributed by atoms with Crippen molar-refractivity contribution in [2.75, 3.05) is 12.3 Å². The van der Waals surface area contributed by atoms with Crippen molar-refractivity contribution >= 4 is 52.3 Å². The molecule has 1 aliphatic heterocycles. The number of nitrogens with zero attached hydrogens (tertiary/aromatic N) is 2. The average molecular weight is 491 g/mol. The van der Waals surface area contributed by atoms with E-state index >= 15 is 0 Å². The second kappa shape index (κ2) is 9.93. The number of anilines is 1. The summed E-state index contributed by atoms with van der Waals surface area (Å²) in [7, 11) is -16.5. The monoisotopic (exact) mass is 491 g/mol. The molecule has 1 aromatic rings. The van der Waals surface area contributed by atoms with Crippen LogP contribution in [0.4, 0.5) is 5.82 Å². The zero-order valence-electron chi connectivity index (χ0n) is 14.3. The first-order valence-corrected chi connectivity index (χ1v) is 11.7. The van der Waals surface area contributed by atoms with Crippen LogP contribution in [-0.4, -0.2) is 76.1 Å². The molecule has 1 aromatic heterocycles. The molecule has 7 N–H and O–H groups in total. The summed E-state index contributed by atoms with van der Waals surface area (Å²) in [6, 6.07) is 1.27. The van der Waals surface area contributed by atoms with Gasteiger partial charge >= 0.3 is 52.2 Å². The van der Waals surface area contributed by atoms with E-state index in [9.17, 15) is 28.5 Å². The van der Waals surface area contributed by atoms with E-state index in [-0.39, 0.29) is 35.3 Å². The summed E-state index contributed by atoms with van der Waals surface area (Å²) in [5.41, 5.74) is 4.53. The van der Waals surface area contributed by atoms with E-state index in [0.29, 0.717) is 0 Å². The van der Waals surface area contributed by atoms with E-state index in [1.807, 2.05) is 0 Å². The summed E-state index contributed by atoms with van der Waals surface area (Å²) in [6.45, 7) is -0.756. The largest absolute Gasteiger partial charge is 2.00 e. The van der Waals surface area contributed by atoms with E-state index in [1.54, 1.807) is 0 Å². The van der Waals surface area contributed by atoms with Crippen molar-refractivity contribution in [3.63, 3.8) is 0 Å². The Bertz CT molecular complexity index is 920. The van der Waals surface area contributed by atoms with Crippen LogP contribution < -0.4 is 11.4 Å². The van der Waals surface area contributed by atoms with Gasteiger partial charge in [0.15, 0.2) is 6.23 Å². The zero-order chi connectivity index (χ0) is 21.3. The summed E-state index contributed by atoms with van der Waals surface area (Å²) >= 11 is 0. The van der Waals surface area contributed by atoms with Gasteiger partial charge in [-0.15, -0.1) is 0 Å². The summed E-state index contributed by atoms with van der Waals surface area (Å²) in [6.07, 6.45) is -2.47. The standard InChI is InChI=1S/C9H16N3O13P3.Mg/c10-7-1-2-12(9(14)11-7)8-6(13)3-5(23-8)4-22-27(18,19)25-28(20,21)24-26(15,16)17;/h1-2,5-6,8,13H,3-4H2,(H,18,19)(H,20,21)(H2,10,11,14)(H2,15,16,17);/q;+2/t5-,6+,8+;/m0./s1. The van der Waals surface area contributed by atoms with Crippen molar-refractivity contribution in [3.8, 4) is 0 Å². The van der Waals surface area contributed by atoms with Crippen molar-refractivity contribution in [2.45, 2.75) is 24.9 Å². The Morgan fingerprint density at radius 3 is 2.38 bits per heavy atom. The molecule has 0 saturated carbocycles. The van der Waals surface area contributed by atoms with E-state index in [4.69, 9.17) is 25.2 Å². The summed E-state index contributed by atoms with van der Waals surface area (Å²) in [5.74, 6) is -0.0575. The first-order valence-electron chi connectivity index (χ1n) is 7.14. The molecule has 160 valence electrons. The quantitative estimate of drug-likeness (QED) is 0.177. The Morgan fingerprint density at radius 1 is 1.21 bits per heavy atom. The molecule has 29 heavy (non-hydrogen) atoms. The van der Waals surface area contributed by atoms with Crippen LogP contribution >= 0.6 is 23.5 Å². The van der Waals surface area contributed by atoms with Crippen LogP contribution in [0.5, 0.6) is 0 Å². The molecule has 2 heterocycles. The Balaban J connectivity index is 0.00000420. The maximum absolute atomic E-state index is 11.8. The van der Waals surface area contributed by atoms with Crippen LogP contribution in [0.3, 0.4) is 0 Å². The number of ether oxygens (including phenoxy) is 1. The Kier molecular flexibility index (Phi) is 9.18. The Morgan fingerprint density at radius 2 is 1.83 bits per heavy atom. The average Bonchev–Trinajstić information content (AvgIpc) is 2.82. The first kappa shape index (κ1) is 26.8. The maximum Gasteiger partial charge on any atom is 2.00 e. The predicted molar refractivity (Wildman–Crippen MR) is 93.0 cm³/mol. The molecule has 0 aromatic carbocycles. The van der Waals surface area contributed by atoms with Crippen LogP contribution in [0.2, 0.25) is 0 Å². The molecule has 0 spiro atoms. The third kappa shape index (κ3) is 8.43. The van der Waals surface area contributed by atoms with Crippen molar-refractivity contribution in [1.82, 2.24) is 9.55 Å². The van der Waals surface area contributed by atoms with Gasteiger partial charge in [0.2, 0.25) is 0 Å². The molecule has 5 atom stereocenters. The Labute approximate surface area is 178 Å². The van der Waals surface area contributed by atoms with Gasteiger partial charge in [0, 0.05) is 12.6 Å². The second-order valence-electron chi connectivity index (χ2n) is 5.38. The normalized spacial score (nSPS) is 26.3. The number of nitrogens with two attached hydrogens (primary N) is 1. The molecule has 16 nitrogen and oxygen atoms in total. The van der Waals surface area contributed by atoms with Crippen LogP contribution in [0, 0.1) is 0 Å². The molecule has 0 radical (unpaired) electrons. The fraction of sp³-hybridized carbons (Fsp3) is 0.556. The van der Waals surface area contributed by atoms with E-state index in [0.717, 1.165) is 4.57 Å². The predicted octanol–water partition coefficient (Wildman–Crippen LogP) is -1.56. The summed E-state index contributed by atoms with van der Waals surface area (Å²) < 4.78 is 51.2. The van der Waals surface area contributed by atoms with Gasteiger partial charge in [-0.2, -0.15) is 13.6 Å². The molecular formula is C9H16MgN3O13P3+2. The molecule has 0 amide bonds. The molecule has 2 rings (SSSR count). The second-order valence-corrected chi connectivity index (χ2v) is 9.80. The van der Waals surface area contributed by atoms with Crippen LogP contribution in [0.1, 0.15) is 12.6 Å². The van der Waals surface area contributed by atoms with Crippen LogP contribution in [-0.2, 0) is 31.6 Å². The fourth-order valence-electron chi connectivity index (χ4n) is 2.19. The van der Waals surface area contributed by atoms with E-state index in [1.165, 1.54) is 12.3 Å². The Hall–Kier alpha value is -0.224. The number of aliphatic hydroxyl groups is 1. The third-order valence-electron chi connectivity index (χ3n) is 3.13. The van der Waals surface area contributed by atoms with E-state index < -0.39 is 54.2 Å². The summed E-state index contributed by atoms with van der Waals surface area (Å²) in [4.78, 5) is 50.5. The topological polar surface area (TPSA) is 250 Å². The van der Waals surface area contributed by atoms with Crippen LogP contribution in [0.25, 0.3) is 0 Å². The number of rotatable bonds is 8. The van der Waals surface area contributed by atoms with Gasteiger partial charge in [0.05, 0.1) is 12.7 Å². The number of phosphoric acid groups is 3. The minimum atomic E-state index is -5.64. The van der Waals surface area contributed by atoms with Crippen molar-refractivity contribution < 1.29 is 56.3 Å². The number of hydrogen-bond donors (Lipinski definition) is 6. The van der Waals surface area contributed by atoms with Gasteiger partial charge in [0.25, 0.3) is 0 Å². The minimum absolute atomic E-state index is 0. The van der Waals surface area contributed by atoms with Gasteiger partial charge < -0.3 is 35.2 Å². The zero-order valence-corrected chi connectivity index (χ0v) is 18.4. The molecular weight excluding hydrogens is 475 g/mol. The molecule has 1 saturated heterocycles. The molecule has 0 bridgehead atoms. The maximum atomic E-state index is 11.8. The molecule has 1 aliphatic rings. The van der Waals surface area contributed by atoms with Gasteiger partial charge in [-0.3, -0.25) is 9.09 Å². The first-order chi connectivity index (χ1) is 12.7. The molecule has 20 heteroatoms. The van der Waals surface area contributed by atoms with Crippen molar-refractivity contribution in [2.24, 2.45) is 0 Å². The minimum Gasteiger partial charge on any atom is -0.388 e. The van der Waals surface area contributed by atoms with Crippen LogP contribution in [0.15, 0.2) is 17.1 Å². The van der Waals surface area contributed by atoms with Gasteiger partial charge in [0.1, 0.15) is 11.9 Å².